The molecule has 2 aliphatic heterocycles. The molecule has 2 bridgehead atoms. The quantitative estimate of drug-likeness (QED) is 0.752. The van der Waals surface area contributed by atoms with Crippen LogP contribution < -0.4 is 10.7 Å². The highest BCUT2D eigenvalue weighted by Gasteiger charge is 2.37. The van der Waals surface area contributed by atoms with Crippen LogP contribution in [0, 0.1) is 11.6 Å². The first kappa shape index (κ1) is 19.8. The lowest BCUT2D eigenvalue weighted by Crippen LogP contribution is -2.47. The number of nitrogens with zero attached hydrogens (tertiary/aromatic N) is 2. The third-order valence-corrected chi connectivity index (χ3v) is 5.49. The van der Waals surface area contributed by atoms with Crippen molar-refractivity contribution in [2.45, 2.75) is 32.0 Å². The van der Waals surface area contributed by atoms with E-state index in [1.165, 1.54) is 16.8 Å². The average Bonchev–Trinajstić information content (AvgIpc) is 2.87. The zero-order valence-electron chi connectivity index (χ0n) is 16.1. The number of fused-ring (bicyclic) bond motifs is 4. The summed E-state index contributed by atoms with van der Waals surface area (Å²) in [6.45, 7) is 1.95. The predicted octanol–water partition coefficient (Wildman–Crippen LogP) is 2.11. The van der Waals surface area contributed by atoms with Crippen molar-refractivity contribution in [1.29, 1.82) is 0 Å². The fourth-order valence-corrected chi connectivity index (χ4v) is 3.83. The van der Waals surface area contributed by atoms with E-state index in [0.717, 1.165) is 6.07 Å². The number of carbonyl (C=O) groups excluding carboxylic acids is 2. The molecule has 2 atom stereocenters. The molecule has 7 nitrogen and oxygen atoms in total. The molecule has 2 N–H and O–H groups in total. The van der Waals surface area contributed by atoms with Crippen LogP contribution in [0.15, 0.2) is 41.3 Å². The van der Waals surface area contributed by atoms with Crippen LogP contribution in [-0.4, -0.2) is 39.0 Å². The number of halogens is 2. The molecule has 30 heavy (non-hydrogen) atoms. The maximum atomic E-state index is 13.8. The van der Waals surface area contributed by atoms with E-state index in [-0.39, 0.29) is 35.4 Å². The van der Waals surface area contributed by atoms with Crippen LogP contribution in [0.2, 0.25) is 0 Å². The highest BCUT2D eigenvalue weighted by Crippen LogP contribution is 2.31. The first-order valence-electron chi connectivity index (χ1n) is 9.45. The number of allylic oxidation sites excluding steroid dienone is 1. The van der Waals surface area contributed by atoms with Gasteiger partial charge in [-0.25, -0.2) is 8.78 Å². The maximum Gasteiger partial charge on any atom is 0.275 e. The van der Waals surface area contributed by atoms with Crippen LogP contribution in [-0.2, 0) is 6.54 Å². The van der Waals surface area contributed by atoms with Crippen molar-refractivity contribution in [3.05, 3.63) is 75.2 Å². The first-order chi connectivity index (χ1) is 14.3. The first-order valence-corrected chi connectivity index (χ1v) is 9.45. The van der Waals surface area contributed by atoms with E-state index in [1.807, 2.05) is 19.1 Å². The number of benzene rings is 1. The summed E-state index contributed by atoms with van der Waals surface area (Å²) in [5.41, 5.74) is -1.44. The van der Waals surface area contributed by atoms with Crippen LogP contribution in [0.3, 0.4) is 0 Å². The van der Waals surface area contributed by atoms with Crippen molar-refractivity contribution in [2.24, 2.45) is 0 Å². The van der Waals surface area contributed by atoms with Crippen molar-refractivity contribution >= 4 is 11.8 Å². The van der Waals surface area contributed by atoms with Gasteiger partial charge in [-0.05, 0) is 19.4 Å². The fourth-order valence-electron chi connectivity index (χ4n) is 3.83. The van der Waals surface area contributed by atoms with Gasteiger partial charge in [0.05, 0.1) is 6.04 Å². The number of pyridine rings is 1. The minimum Gasteiger partial charge on any atom is -0.503 e. The number of hydrogen-bond acceptors (Lipinski definition) is 4. The fraction of sp³-hybridized carbons (Fsp3) is 0.286. The topological polar surface area (TPSA) is 91.6 Å². The van der Waals surface area contributed by atoms with Crippen molar-refractivity contribution in [1.82, 2.24) is 14.8 Å². The molecule has 0 saturated carbocycles. The lowest BCUT2D eigenvalue weighted by Gasteiger charge is -2.37. The number of nitrogens with one attached hydrogen (secondary N) is 1. The van der Waals surface area contributed by atoms with Gasteiger partial charge in [0.1, 0.15) is 17.2 Å². The number of rotatable bonds is 3. The molecule has 2 aromatic rings. The SMILES string of the molecule is C[C@H]1C=CC[C@H]2CN1C(=O)c1c(O)c(=O)c(C(=O)NCc3ccc(F)cc3F)cn12. The molecular formula is C21H19F2N3O4. The molecule has 0 spiro atoms. The molecule has 2 aliphatic rings. The predicted molar refractivity (Wildman–Crippen MR) is 103 cm³/mol. The Kier molecular flexibility index (Phi) is 4.89. The van der Waals surface area contributed by atoms with Gasteiger partial charge in [-0.2, -0.15) is 0 Å². The zero-order chi connectivity index (χ0) is 21.6. The second-order valence-corrected chi connectivity index (χ2v) is 7.41. The summed E-state index contributed by atoms with van der Waals surface area (Å²) in [6.07, 6.45) is 5.62. The third-order valence-electron chi connectivity index (χ3n) is 5.49. The summed E-state index contributed by atoms with van der Waals surface area (Å²) in [5, 5.41) is 12.9. The Hall–Kier alpha value is -3.49. The van der Waals surface area contributed by atoms with E-state index in [1.54, 1.807) is 4.90 Å². The summed E-state index contributed by atoms with van der Waals surface area (Å²) in [4.78, 5) is 39.6. The minimum atomic E-state index is -0.980. The molecule has 0 unspecified atom stereocenters. The second kappa shape index (κ2) is 7.40. The Bertz CT molecular complexity index is 1140. The smallest absolute Gasteiger partial charge is 0.275 e. The van der Waals surface area contributed by atoms with Gasteiger partial charge in [-0.3, -0.25) is 14.4 Å². The molecule has 9 heteroatoms. The summed E-state index contributed by atoms with van der Waals surface area (Å²) in [5.74, 6) is -3.68. The normalized spacial score (nSPS) is 20.0. The molecular weight excluding hydrogens is 396 g/mol. The molecule has 0 fully saturated rings. The Morgan fingerprint density at radius 3 is 2.80 bits per heavy atom. The number of hydrogen-bond donors (Lipinski definition) is 2. The van der Waals surface area contributed by atoms with Crippen LogP contribution in [0.1, 0.15) is 45.8 Å². The lowest BCUT2D eigenvalue weighted by molar-refractivity contribution is 0.0629. The van der Waals surface area contributed by atoms with Crippen LogP contribution >= 0.6 is 0 Å². The van der Waals surface area contributed by atoms with E-state index in [2.05, 4.69) is 5.32 Å². The van der Waals surface area contributed by atoms with Crippen LogP contribution in [0.5, 0.6) is 5.75 Å². The number of aromatic nitrogens is 1. The van der Waals surface area contributed by atoms with E-state index >= 15 is 0 Å². The number of aromatic hydroxyl groups is 1. The van der Waals surface area contributed by atoms with Crippen molar-refractivity contribution in [3.8, 4) is 5.75 Å². The summed E-state index contributed by atoms with van der Waals surface area (Å²) < 4.78 is 28.3. The van der Waals surface area contributed by atoms with Crippen LogP contribution in [0.4, 0.5) is 8.78 Å². The molecule has 1 aromatic heterocycles. The van der Waals surface area contributed by atoms with Crippen LogP contribution in [0.25, 0.3) is 0 Å². The summed E-state index contributed by atoms with van der Waals surface area (Å²) >= 11 is 0. The van der Waals surface area contributed by atoms with Gasteiger partial charge in [-0.1, -0.05) is 18.2 Å². The molecule has 0 radical (unpaired) electrons. The highest BCUT2D eigenvalue weighted by atomic mass is 19.1. The van der Waals surface area contributed by atoms with Gasteiger partial charge in [0.25, 0.3) is 11.8 Å². The van der Waals surface area contributed by atoms with E-state index < -0.39 is 34.6 Å². The largest absolute Gasteiger partial charge is 0.503 e. The van der Waals surface area contributed by atoms with E-state index in [4.69, 9.17) is 0 Å². The molecule has 4 rings (SSSR count). The molecule has 2 amide bonds. The minimum absolute atomic E-state index is 0.0424. The Morgan fingerprint density at radius 1 is 1.30 bits per heavy atom. The number of amides is 2. The van der Waals surface area contributed by atoms with Crippen molar-refractivity contribution in [3.63, 3.8) is 0 Å². The van der Waals surface area contributed by atoms with Crippen molar-refractivity contribution < 1.29 is 23.5 Å². The zero-order valence-corrected chi connectivity index (χ0v) is 16.1. The number of carbonyl (C=O) groups is 2. The molecule has 0 aliphatic carbocycles. The maximum absolute atomic E-state index is 13.8. The second-order valence-electron chi connectivity index (χ2n) is 7.41. The third kappa shape index (κ3) is 3.26. The monoisotopic (exact) mass is 415 g/mol. The summed E-state index contributed by atoms with van der Waals surface area (Å²) in [6, 6.07) is 2.51. The van der Waals surface area contributed by atoms with Gasteiger partial charge >= 0.3 is 0 Å². The van der Waals surface area contributed by atoms with E-state index in [0.29, 0.717) is 19.0 Å². The molecule has 0 saturated heterocycles. The molecule has 156 valence electrons. The van der Waals surface area contributed by atoms with Gasteiger partial charge in [0.2, 0.25) is 5.43 Å². The average molecular weight is 415 g/mol. The Balaban J connectivity index is 1.67. The Morgan fingerprint density at radius 2 is 2.07 bits per heavy atom. The molecule has 1 aromatic carbocycles. The summed E-state index contributed by atoms with van der Waals surface area (Å²) in [7, 11) is 0. The van der Waals surface area contributed by atoms with Gasteiger partial charge in [-0.15, -0.1) is 0 Å². The standard InChI is InChI=1S/C21H19F2N3O4/c1-11-3-2-4-14-9-25(11)21(30)17-19(28)18(27)15(10-26(14)17)20(29)24-8-12-5-6-13(22)7-16(12)23/h2-3,5-7,10-11,14,28H,4,8-9H2,1H3,(H,24,29)/t11-,14-/m0/s1. The van der Waals surface area contributed by atoms with Crippen molar-refractivity contribution in [2.75, 3.05) is 6.54 Å². The van der Waals surface area contributed by atoms with Gasteiger partial charge < -0.3 is 19.9 Å². The highest BCUT2D eigenvalue weighted by molar-refractivity contribution is 5.99. The lowest BCUT2D eigenvalue weighted by atomic mass is 10.1. The van der Waals surface area contributed by atoms with Gasteiger partial charge in [0, 0.05) is 37.0 Å². The molecule has 3 heterocycles. The Labute approximate surface area is 170 Å². The van der Waals surface area contributed by atoms with E-state index in [9.17, 15) is 28.3 Å². The van der Waals surface area contributed by atoms with Gasteiger partial charge in [0.15, 0.2) is 11.4 Å².